The van der Waals surface area contributed by atoms with Crippen LogP contribution in [-0.4, -0.2) is 90.1 Å². The van der Waals surface area contributed by atoms with Gasteiger partial charge in [0.1, 0.15) is 36.7 Å². The van der Waals surface area contributed by atoms with Gasteiger partial charge in [-0.25, -0.2) is 9.18 Å². The van der Waals surface area contributed by atoms with Crippen molar-refractivity contribution in [1.82, 2.24) is 14.7 Å². The van der Waals surface area contributed by atoms with E-state index in [1.165, 1.54) is 40.9 Å². The van der Waals surface area contributed by atoms with Crippen LogP contribution in [0.15, 0.2) is 78.9 Å². The second-order valence-electron chi connectivity index (χ2n) is 14.0. The van der Waals surface area contributed by atoms with Gasteiger partial charge in [-0.15, -0.1) is 0 Å². The van der Waals surface area contributed by atoms with E-state index in [0.29, 0.717) is 17.5 Å². The molecule has 5 rings (SSSR count). The fraction of sp³-hybridized carbons (Fsp3) is 0.400. The molecular formula is C40H46FN3O6. The van der Waals surface area contributed by atoms with Gasteiger partial charge in [-0.05, 0) is 86.1 Å². The molecule has 2 atom stereocenters. The molecule has 0 radical (unpaired) electrons. The van der Waals surface area contributed by atoms with Gasteiger partial charge in [0.2, 0.25) is 11.8 Å². The molecule has 0 spiro atoms. The maximum atomic E-state index is 14.5. The first-order chi connectivity index (χ1) is 23.7. The molecule has 0 fully saturated rings. The second kappa shape index (κ2) is 15.3. The fourth-order valence-electron chi connectivity index (χ4n) is 6.74. The van der Waals surface area contributed by atoms with Crippen LogP contribution in [0.4, 0.5) is 9.18 Å². The monoisotopic (exact) mass is 683 g/mol. The second-order valence-corrected chi connectivity index (χ2v) is 14.0. The summed E-state index contributed by atoms with van der Waals surface area (Å²) >= 11 is 0. The van der Waals surface area contributed by atoms with E-state index in [1.807, 2.05) is 48.6 Å². The minimum Gasteiger partial charge on any atom is -0.459 e. The summed E-state index contributed by atoms with van der Waals surface area (Å²) in [6.07, 6.45) is 3.92. The van der Waals surface area contributed by atoms with E-state index in [0.717, 1.165) is 22.3 Å². The molecular weight excluding hydrogens is 637 g/mol. The summed E-state index contributed by atoms with van der Waals surface area (Å²) in [6.45, 7) is 6.95. The number of benzene rings is 3. The summed E-state index contributed by atoms with van der Waals surface area (Å²) < 4.78 is 25.4. The summed E-state index contributed by atoms with van der Waals surface area (Å²) in [6, 6.07) is 18.4. The Morgan fingerprint density at radius 1 is 0.960 bits per heavy atom. The zero-order valence-electron chi connectivity index (χ0n) is 29.6. The van der Waals surface area contributed by atoms with Gasteiger partial charge in [0, 0.05) is 33.0 Å². The predicted octanol–water partition coefficient (Wildman–Crippen LogP) is 6.27. The van der Waals surface area contributed by atoms with Gasteiger partial charge in [-0.2, -0.15) is 0 Å². The average molecular weight is 684 g/mol. The number of aryl methyl sites for hydroxylation is 1. The molecule has 0 saturated heterocycles. The normalized spacial score (nSPS) is 17.1. The summed E-state index contributed by atoms with van der Waals surface area (Å²) in [5, 5.41) is 0. The Labute approximate surface area is 293 Å². The number of halogens is 1. The fourth-order valence-corrected chi connectivity index (χ4v) is 6.74. The van der Waals surface area contributed by atoms with Crippen LogP contribution < -0.4 is 0 Å². The van der Waals surface area contributed by atoms with Crippen molar-refractivity contribution < 1.29 is 33.0 Å². The number of rotatable bonds is 9. The van der Waals surface area contributed by atoms with Crippen LogP contribution in [0.2, 0.25) is 0 Å². The summed E-state index contributed by atoms with van der Waals surface area (Å²) in [5.74, 6) is -2.03. The van der Waals surface area contributed by atoms with Crippen LogP contribution in [0.1, 0.15) is 61.8 Å². The van der Waals surface area contributed by atoms with Crippen LogP contribution in [0.25, 0.3) is 11.1 Å². The first kappa shape index (κ1) is 36.3. The molecule has 0 N–H and O–H groups in total. The van der Waals surface area contributed by atoms with Crippen molar-refractivity contribution in [1.29, 1.82) is 0 Å². The lowest BCUT2D eigenvalue weighted by molar-refractivity contribution is -0.159. The molecule has 264 valence electrons. The quantitative estimate of drug-likeness (QED) is 0.195. The van der Waals surface area contributed by atoms with E-state index >= 15 is 0 Å². The number of nitrogens with zero attached hydrogens (tertiary/aromatic N) is 3. The van der Waals surface area contributed by atoms with Crippen molar-refractivity contribution in [3.05, 3.63) is 107 Å². The van der Waals surface area contributed by atoms with Gasteiger partial charge >= 0.3 is 12.1 Å². The minimum atomic E-state index is -1.04. The number of esters is 1. The number of fused-ring (bicyclic) bond motifs is 3. The molecule has 10 heteroatoms. The Morgan fingerprint density at radius 2 is 1.60 bits per heavy atom. The standard InChI is InChI=1S/C40H46FN3O6/c1-26-22-28(41)20-19-27(26)23-35(37(46)42(5)24-36(45)50-40(2,3)4)44-21-13-7-8-18-34(38(44)47)43(6)39(48)49-25-33-31-16-11-9-14-29(31)30-15-10-12-17-32(30)33/h7-12,14-17,19-20,22,33-35H,13,18,21,23-25H2,1-6H3/b8-7-/t34-,35-/m0/s1. The minimum absolute atomic E-state index is 0.0838. The Balaban J connectivity index is 1.37. The SMILES string of the molecule is Cc1cc(F)ccc1C[C@@H](C(=O)N(C)CC(=O)OC(C)(C)C)N1CC/C=C\C[C@H](N(C)C(=O)OCC2c3ccccc3-c3ccccc32)C1=O. The highest BCUT2D eigenvalue weighted by atomic mass is 19.1. The third kappa shape index (κ3) is 8.23. The lowest BCUT2D eigenvalue weighted by Gasteiger charge is -2.38. The predicted molar refractivity (Wildman–Crippen MR) is 189 cm³/mol. The van der Waals surface area contributed by atoms with Crippen LogP contribution in [0.5, 0.6) is 0 Å². The van der Waals surface area contributed by atoms with Gasteiger partial charge in [0.05, 0.1) is 0 Å². The van der Waals surface area contributed by atoms with E-state index in [9.17, 15) is 23.6 Å². The van der Waals surface area contributed by atoms with E-state index in [-0.39, 0.29) is 38.5 Å². The molecule has 1 aliphatic carbocycles. The summed E-state index contributed by atoms with van der Waals surface area (Å²) in [5.41, 5.74) is 4.94. The molecule has 3 aromatic carbocycles. The Kier molecular flexibility index (Phi) is 11.1. The molecule has 0 bridgehead atoms. The maximum absolute atomic E-state index is 14.5. The molecule has 0 aromatic heterocycles. The van der Waals surface area contributed by atoms with Crippen LogP contribution in [0, 0.1) is 12.7 Å². The summed E-state index contributed by atoms with van der Waals surface area (Å²) in [4.78, 5) is 59.0. The molecule has 0 unspecified atom stereocenters. The van der Waals surface area contributed by atoms with Crippen molar-refractivity contribution in [3.63, 3.8) is 0 Å². The third-order valence-electron chi connectivity index (χ3n) is 9.26. The first-order valence-corrected chi connectivity index (χ1v) is 17.0. The molecule has 3 amide bonds. The molecule has 3 aromatic rings. The average Bonchev–Trinajstić information content (AvgIpc) is 3.37. The highest BCUT2D eigenvalue weighted by Crippen LogP contribution is 2.44. The first-order valence-electron chi connectivity index (χ1n) is 17.0. The van der Waals surface area contributed by atoms with Gasteiger partial charge in [-0.3, -0.25) is 19.3 Å². The highest BCUT2D eigenvalue weighted by molar-refractivity contribution is 5.93. The van der Waals surface area contributed by atoms with Crippen molar-refractivity contribution in [2.75, 3.05) is 33.8 Å². The molecule has 0 saturated carbocycles. The smallest absolute Gasteiger partial charge is 0.410 e. The number of hydrogen-bond donors (Lipinski definition) is 0. The third-order valence-corrected chi connectivity index (χ3v) is 9.26. The van der Waals surface area contributed by atoms with Gasteiger partial charge in [0.25, 0.3) is 0 Å². The number of ether oxygens (including phenoxy) is 2. The van der Waals surface area contributed by atoms with Gasteiger partial charge in [-0.1, -0.05) is 66.7 Å². The topological polar surface area (TPSA) is 96.5 Å². The maximum Gasteiger partial charge on any atom is 0.410 e. The van der Waals surface area contributed by atoms with Crippen LogP contribution >= 0.6 is 0 Å². The van der Waals surface area contributed by atoms with Gasteiger partial charge in [0.15, 0.2) is 0 Å². The zero-order chi connectivity index (χ0) is 36.2. The lowest BCUT2D eigenvalue weighted by Crippen LogP contribution is -2.58. The Bertz CT molecular complexity index is 1740. The summed E-state index contributed by atoms with van der Waals surface area (Å²) in [7, 11) is 3.02. The number of carbonyl (C=O) groups is 4. The van der Waals surface area contributed by atoms with E-state index in [2.05, 4.69) is 12.1 Å². The van der Waals surface area contributed by atoms with E-state index < -0.39 is 47.4 Å². The van der Waals surface area contributed by atoms with E-state index in [4.69, 9.17) is 9.47 Å². The molecule has 1 aliphatic heterocycles. The number of carbonyl (C=O) groups excluding carboxylic acids is 4. The van der Waals surface area contributed by atoms with Crippen molar-refractivity contribution in [3.8, 4) is 11.1 Å². The van der Waals surface area contributed by atoms with Crippen molar-refractivity contribution in [2.24, 2.45) is 0 Å². The number of hydrogen-bond acceptors (Lipinski definition) is 6. The largest absolute Gasteiger partial charge is 0.459 e. The Morgan fingerprint density at radius 3 is 2.22 bits per heavy atom. The highest BCUT2D eigenvalue weighted by Gasteiger charge is 2.39. The molecule has 50 heavy (non-hydrogen) atoms. The van der Waals surface area contributed by atoms with Crippen LogP contribution in [0.3, 0.4) is 0 Å². The molecule has 1 heterocycles. The van der Waals surface area contributed by atoms with Crippen molar-refractivity contribution >= 4 is 23.9 Å². The number of likely N-dealkylation sites (N-methyl/N-ethyl adjacent to an activating group) is 2. The van der Waals surface area contributed by atoms with Crippen LogP contribution in [-0.2, 0) is 30.3 Å². The van der Waals surface area contributed by atoms with Gasteiger partial charge < -0.3 is 19.3 Å². The lowest BCUT2D eigenvalue weighted by atomic mass is 9.97. The van der Waals surface area contributed by atoms with Crippen molar-refractivity contribution in [2.45, 2.75) is 70.6 Å². The zero-order valence-corrected chi connectivity index (χ0v) is 29.6. The Hall–Kier alpha value is -4.99. The molecule has 2 aliphatic rings. The molecule has 9 nitrogen and oxygen atoms in total. The van der Waals surface area contributed by atoms with E-state index in [1.54, 1.807) is 33.8 Å². The number of amides is 3.